The van der Waals surface area contributed by atoms with E-state index in [0.29, 0.717) is 0 Å². The fraction of sp³-hybridized carbons (Fsp3) is 0.706. The maximum atomic E-state index is 12.5. The van der Waals surface area contributed by atoms with Gasteiger partial charge in [0.15, 0.2) is 0 Å². The van der Waals surface area contributed by atoms with Gasteiger partial charge in [-0.15, -0.1) is 0 Å². The van der Waals surface area contributed by atoms with Crippen LogP contribution < -0.4 is 15.1 Å². The van der Waals surface area contributed by atoms with Crippen molar-refractivity contribution >= 4 is 17.5 Å². The van der Waals surface area contributed by atoms with E-state index in [-0.39, 0.29) is 17.9 Å². The molecule has 0 saturated carbocycles. The van der Waals surface area contributed by atoms with Crippen molar-refractivity contribution in [3.63, 3.8) is 0 Å². The van der Waals surface area contributed by atoms with Crippen molar-refractivity contribution in [1.29, 1.82) is 0 Å². The summed E-state index contributed by atoms with van der Waals surface area (Å²) in [6.07, 6.45) is 5.21. The molecule has 0 radical (unpaired) electrons. The van der Waals surface area contributed by atoms with Crippen LogP contribution in [0.2, 0.25) is 0 Å². The summed E-state index contributed by atoms with van der Waals surface area (Å²) in [5.74, 6) is 2.16. The van der Waals surface area contributed by atoms with Crippen molar-refractivity contribution in [3.05, 3.63) is 12.4 Å². The van der Waals surface area contributed by atoms with Crippen LogP contribution in [0.5, 0.6) is 0 Å². The summed E-state index contributed by atoms with van der Waals surface area (Å²) >= 11 is 0. The van der Waals surface area contributed by atoms with Crippen LogP contribution in [0.1, 0.15) is 25.7 Å². The molecule has 24 heavy (non-hydrogen) atoms. The highest BCUT2D eigenvalue weighted by molar-refractivity contribution is 5.79. The first kappa shape index (κ1) is 17.0. The number of hydrogen-bond donors (Lipinski definition) is 1. The average molecular weight is 333 g/mol. The first-order chi connectivity index (χ1) is 11.6. The van der Waals surface area contributed by atoms with Crippen LogP contribution in [0.4, 0.5) is 11.6 Å². The van der Waals surface area contributed by atoms with Gasteiger partial charge in [-0.25, -0.2) is 9.97 Å². The highest BCUT2D eigenvalue weighted by Crippen LogP contribution is 2.24. The largest absolute Gasteiger partial charge is 0.381 e. The van der Waals surface area contributed by atoms with Crippen molar-refractivity contribution in [2.75, 3.05) is 50.2 Å². The van der Waals surface area contributed by atoms with E-state index < -0.39 is 0 Å². The highest BCUT2D eigenvalue weighted by atomic mass is 16.5. The standard InChI is InChI=1S/C17H27N5O2/c1-21(2)15-11-16(19-12-18-15)22-7-3-13(4-8-22)17(23)20-14-5-9-24-10-6-14/h11-14H,3-10H2,1-2H3,(H,20,23). The van der Waals surface area contributed by atoms with Gasteiger partial charge in [0, 0.05) is 58.4 Å². The van der Waals surface area contributed by atoms with E-state index in [4.69, 9.17) is 4.74 Å². The van der Waals surface area contributed by atoms with Gasteiger partial charge in [-0.2, -0.15) is 0 Å². The Morgan fingerprint density at radius 2 is 1.92 bits per heavy atom. The van der Waals surface area contributed by atoms with Gasteiger partial charge in [0.25, 0.3) is 0 Å². The lowest BCUT2D eigenvalue weighted by Crippen LogP contribution is -2.45. The Balaban J connectivity index is 1.51. The summed E-state index contributed by atoms with van der Waals surface area (Å²) in [5.41, 5.74) is 0. The highest BCUT2D eigenvalue weighted by Gasteiger charge is 2.27. The van der Waals surface area contributed by atoms with Crippen LogP contribution in [0.3, 0.4) is 0 Å². The number of carbonyl (C=O) groups is 1. The zero-order chi connectivity index (χ0) is 16.9. The van der Waals surface area contributed by atoms with E-state index in [2.05, 4.69) is 20.2 Å². The summed E-state index contributed by atoms with van der Waals surface area (Å²) in [6.45, 7) is 3.22. The first-order valence-electron chi connectivity index (χ1n) is 8.76. The van der Waals surface area contributed by atoms with Crippen molar-refractivity contribution in [1.82, 2.24) is 15.3 Å². The molecule has 3 rings (SSSR count). The van der Waals surface area contributed by atoms with Crippen molar-refractivity contribution in [2.45, 2.75) is 31.7 Å². The number of amides is 1. The molecule has 0 aromatic carbocycles. The lowest BCUT2D eigenvalue weighted by Gasteiger charge is -2.33. The third-order valence-electron chi connectivity index (χ3n) is 4.85. The SMILES string of the molecule is CN(C)c1cc(N2CCC(C(=O)NC3CCOCC3)CC2)ncn1. The van der Waals surface area contributed by atoms with Gasteiger partial charge in [0.2, 0.25) is 5.91 Å². The zero-order valence-electron chi connectivity index (χ0n) is 14.6. The maximum absolute atomic E-state index is 12.5. The number of nitrogens with one attached hydrogen (secondary N) is 1. The minimum atomic E-state index is 0.110. The summed E-state index contributed by atoms with van der Waals surface area (Å²) in [6, 6.07) is 2.29. The van der Waals surface area contributed by atoms with Gasteiger partial charge in [0.1, 0.15) is 18.0 Å². The third-order valence-corrected chi connectivity index (χ3v) is 4.85. The molecule has 1 aromatic heterocycles. The smallest absolute Gasteiger partial charge is 0.223 e. The number of ether oxygens (including phenoxy) is 1. The van der Waals surface area contributed by atoms with E-state index in [9.17, 15) is 4.79 Å². The first-order valence-corrected chi connectivity index (χ1v) is 8.76. The number of carbonyl (C=O) groups excluding carboxylic acids is 1. The van der Waals surface area contributed by atoms with Crippen molar-refractivity contribution in [3.8, 4) is 0 Å². The molecule has 132 valence electrons. The van der Waals surface area contributed by atoms with E-state index in [1.807, 2.05) is 25.1 Å². The molecular weight excluding hydrogens is 306 g/mol. The topological polar surface area (TPSA) is 70.6 Å². The van der Waals surface area contributed by atoms with Crippen LogP contribution in [-0.4, -0.2) is 62.3 Å². The predicted molar refractivity (Wildman–Crippen MR) is 93.3 cm³/mol. The molecular formula is C17H27N5O2. The number of nitrogens with zero attached hydrogens (tertiary/aromatic N) is 4. The molecule has 2 aliphatic heterocycles. The Kier molecular flexibility index (Phi) is 5.50. The second kappa shape index (κ2) is 7.79. The van der Waals surface area contributed by atoms with Crippen LogP contribution in [-0.2, 0) is 9.53 Å². The van der Waals surface area contributed by atoms with Gasteiger partial charge < -0.3 is 19.9 Å². The number of hydrogen-bond acceptors (Lipinski definition) is 6. The second-order valence-corrected chi connectivity index (χ2v) is 6.79. The molecule has 0 atom stereocenters. The summed E-state index contributed by atoms with van der Waals surface area (Å²) in [5, 5.41) is 3.20. The molecule has 2 fully saturated rings. The monoisotopic (exact) mass is 333 g/mol. The lowest BCUT2D eigenvalue weighted by atomic mass is 9.95. The van der Waals surface area contributed by atoms with Gasteiger partial charge in [-0.05, 0) is 25.7 Å². The maximum Gasteiger partial charge on any atom is 0.223 e. The fourth-order valence-electron chi connectivity index (χ4n) is 3.29. The quantitative estimate of drug-likeness (QED) is 0.888. The molecule has 3 heterocycles. The third kappa shape index (κ3) is 4.14. The molecule has 0 spiro atoms. The average Bonchev–Trinajstić information content (AvgIpc) is 2.63. The molecule has 0 aliphatic carbocycles. The molecule has 7 heteroatoms. The Hall–Kier alpha value is -1.89. The zero-order valence-corrected chi connectivity index (χ0v) is 14.6. The van der Waals surface area contributed by atoms with Crippen LogP contribution in [0, 0.1) is 5.92 Å². The number of piperidine rings is 1. The van der Waals surface area contributed by atoms with Crippen molar-refractivity contribution < 1.29 is 9.53 Å². The number of anilines is 2. The molecule has 1 amide bonds. The van der Waals surface area contributed by atoms with E-state index in [0.717, 1.165) is 63.6 Å². The Labute approximate surface area is 143 Å². The minimum absolute atomic E-state index is 0.110. The molecule has 0 unspecified atom stereocenters. The van der Waals surface area contributed by atoms with Gasteiger partial charge in [-0.1, -0.05) is 0 Å². The molecule has 7 nitrogen and oxygen atoms in total. The second-order valence-electron chi connectivity index (χ2n) is 6.79. The normalized spacial score (nSPS) is 20.0. The van der Waals surface area contributed by atoms with Crippen LogP contribution in [0.15, 0.2) is 12.4 Å². The molecule has 2 aliphatic rings. The Morgan fingerprint density at radius 3 is 2.58 bits per heavy atom. The summed E-state index contributed by atoms with van der Waals surface area (Å²) in [4.78, 5) is 25.3. The van der Waals surface area contributed by atoms with Crippen LogP contribution in [0.25, 0.3) is 0 Å². The Bertz CT molecular complexity index is 552. The van der Waals surface area contributed by atoms with E-state index >= 15 is 0 Å². The minimum Gasteiger partial charge on any atom is -0.381 e. The Morgan fingerprint density at radius 1 is 1.21 bits per heavy atom. The number of rotatable bonds is 4. The fourth-order valence-corrected chi connectivity index (χ4v) is 3.29. The molecule has 1 N–H and O–H groups in total. The van der Waals surface area contributed by atoms with E-state index in [1.165, 1.54) is 0 Å². The van der Waals surface area contributed by atoms with Crippen LogP contribution >= 0.6 is 0 Å². The summed E-state index contributed by atoms with van der Waals surface area (Å²) in [7, 11) is 3.94. The van der Waals surface area contributed by atoms with Gasteiger partial charge in [-0.3, -0.25) is 4.79 Å². The predicted octanol–water partition coefficient (Wildman–Crippen LogP) is 1.05. The summed E-state index contributed by atoms with van der Waals surface area (Å²) < 4.78 is 5.34. The molecule has 1 aromatic rings. The molecule has 2 saturated heterocycles. The number of aromatic nitrogens is 2. The lowest BCUT2D eigenvalue weighted by molar-refractivity contribution is -0.126. The van der Waals surface area contributed by atoms with Gasteiger partial charge >= 0.3 is 0 Å². The van der Waals surface area contributed by atoms with E-state index in [1.54, 1.807) is 6.33 Å². The van der Waals surface area contributed by atoms with Gasteiger partial charge in [0.05, 0.1) is 0 Å². The van der Waals surface area contributed by atoms with Crippen molar-refractivity contribution in [2.24, 2.45) is 5.92 Å². The molecule has 0 bridgehead atoms.